The van der Waals surface area contributed by atoms with Crippen LogP contribution in [0.5, 0.6) is 0 Å². The summed E-state index contributed by atoms with van der Waals surface area (Å²) in [5.41, 5.74) is 1.13. The van der Waals surface area contributed by atoms with Crippen molar-refractivity contribution in [2.45, 2.75) is 6.42 Å². The van der Waals surface area contributed by atoms with E-state index in [4.69, 9.17) is 14.4 Å². The topological polar surface area (TPSA) is 55.8 Å². The van der Waals surface area contributed by atoms with Gasteiger partial charge < -0.3 is 14.4 Å². The van der Waals surface area contributed by atoms with Crippen LogP contribution >= 0.6 is 0 Å². The molecule has 5 heteroatoms. The highest BCUT2D eigenvalue weighted by Gasteiger charge is 2.24. The van der Waals surface area contributed by atoms with Crippen molar-refractivity contribution >= 4 is 18.6 Å². The SMILES string of the molecule is O=C(O)c1ccc(B2OCCCO2)cc1. The number of rotatable bonds is 2. The molecule has 4 nitrogen and oxygen atoms in total. The van der Waals surface area contributed by atoms with Gasteiger partial charge in [-0.3, -0.25) is 0 Å². The van der Waals surface area contributed by atoms with Crippen molar-refractivity contribution in [3.8, 4) is 0 Å². The Bertz CT molecular complexity index is 343. The van der Waals surface area contributed by atoms with Gasteiger partial charge >= 0.3 is 13.1 Å². The average molecular weight is 206 g/mol. The van der Waals surface area contributed by atoms with Gasteiger partial charge in [0.2, 0.25) is 0 Å². The molecule has 1 aromatic carbocycles. The van der Waals surface area contributed by atoms with E-state index in [2.05, 4.69) is 0 Å². The van der Waals surface area contributed by atoms with E-state index in [0.29, 0.717) is 13.2 Å². The first-order valence-electron chi connectivity index (χ1n) is 4.84. The van der Waals surface area contributed by atoms with Gasteiger partial charge in [0.25, 0.3) is 0 Å². The molecule has 0 amide bonds. The van der Waals surface area contributed by atoms with Crippen LogP contribution in [0.2, 0.25) is 0 Å². The Labute approximate surface area is 88.0 Å². The summed E-state index contributed by atoms with van der Waals surface area (Å²) in [6, 6.07) is 6.55. The molecular weight excluding hydrogens is 195 g/mol. The molecule has 2 rings (SSSR count). The zero-order chi connectivity index (χ0) is 10.7. The van der Waals surface area contributed by atoms with Crippen molar-refractivity contribution < 1.29 is 19.2 Å². The normalized spacial score (nSPS) is 16.4. The van der Waals surface area contributed by atoms with E-state index in [0.717, 1.165) is 11.9 Å². The van der Waals surface area contributed by atoms with Gasteiger partial charge in [0.1, 0.15) is 0 Å². The van der Waals surface area contributed by atoms with Crippen LogP contribution in [0, 0.1) is 0 Å². The van der Waals surface area contributed by atoms with E-state index in [1.165, 1.54) is 0 Å². The van der Waals surface area contributed by atoms with Crippen molar-refractivity contribution in [2.75, 3.05) is 13.2 Å². The highest BCUT2D eigenvalue weighted by atomic mass is 16.6. The van der Waals surface area contributed by atoms with Crippen LogP contribution in [-0.2, 0) is 9.31 Å². The second-order valence-electron chi connectivity index (χ2n) is 3.35. The zero-order valence-electron chi connectivity index (χ0n) is 8.18. The number of hydrogen-bond donors (Lipinski definition) is 1. The number of aromatic carboxylic acids is 1. The summed E-state index contributed by atoms with van der Waals surface area (Å²) < 4.78 is 10.8. The predicted octanol–water partition coefficient (Wildman–Crippen LogP) is 0.517. The maximum atomic E-state index is 10.6. The Morgan fingerprint density at radius 2 is 1.80 bits per heavy atom. The lowest BCUT2D eigenvalue weighted by molar-refractivity contribution is 0.0697. The maximum Gasteiger partial charge on any atom is 0.493 e. The fourth-order valence-electron chi connectivity index (χ4n) is 1.46. The number of hydrogen-bond acceptors (Lipinski definition) is 3. The van der Waals surface area contributed by atoms with E-state index < -0.39 is 5.97 Å². The summed E-state index contributed by atoms with van der Waals surface area (Å²) in [7, 11) is -0.346. The lowest BCUT2D eigenvalue weighted by atomic mass is 9.78. The third-order valence-corrected chi connectivity index (χ3v) is 2.26. The average Bonchev–Trinajstić information content (AvgIpc) is 2.30. The van der Waals surface area contributed by atoms with Crippen LogP contribution in [0.15, 0.2) is 24.3 Å². The summed E-state index contributed by atoms with van der Waals surface area (Å²) in [6.07, 6.45) is 0.906. The van der Waals surface area contributed by atoms with Crippen molar-refractivity contribution in [1.29, 1.82) is 0 Å². The number of carboxylic acids is 1. The van der Waals surface area contributed by atoms with Crippen molar-refractivity contribution in [3.63, 3.8) is 0 Å². The molecular formula is C10H11BO4. The number of carboxylic acid groups (broad SMARTS) is 1. The molecule has 0 spiro atoms. The highest BCUT2D eigenvalue weighted by Crippen LogP contribution is 2.03. The van der Waals surface area contributed by atoms with E-state index in [1.807, 2.05) is 0 Å². The third kappa shape index (κ3) is 2.37. The first kappa shape index (κ1) is 10.2. The smallest absolute Gasteiger partial charge is 0.478 e. The molecule has 0 radical (unpaired) electrons. The Morgan fingerprint density at radius 3 is 2.33 bits per heavy atom. The molecule has 1 saturated heterocycles. The second kappa shape index (κ2) is 4.46. The molecule has 1 heterocycles. The molecule has 0 atom stereocenters. The largest absolute Gasteiger partial charge is 0.493 e. The third-order valence-electron chi connectivity index (χ3n) is 2.26. The zero-order valence-corrected chi connectivity index (χ0v) is 8.18. The summed E-state index contributed by atoms with van der Waals surface area (Å²) >= 11 is 0. The Balaban J connectivity index is 2.11. The molecule has 15 heavy (non-hydrogen) atoms. The standard InChI is InChI=1S/C10H11BO4/c12-10(13)8-2-4-9(5-3-8)11-14-6-1-7-15-11/h2-5H,1,6-7H2,(H,12,13). The van der Waals surface area contributed by atoms with Gasteiger partial charge in [0.05, 0.1) is 5.56 Å². The van der Waals surface area contributed by atoms with Gasteiger partial charge in [-0.1, -0.05) is 12.1 Å². The Morgan fingerprint density at radius 1 is 1.20 bits per heavy atom. The molecule has 1 aromatic rings. The van der Waals surface area contributed by atoms with E-state index in [-0.39, 0.29) is 12.7 Å². The lowest BCUT2D eigenvalue weighted by Crippen LogP contribution is -2.40. The molecule has 1 aliphatic rings. The van der Waals surface area contributed by atoms with Crippen LogP contribution < -0.4 is 5.46 Å². The number of carbonyl (C=O) groups is 1. The molecule has 0 aromatic heterocycles. The summed E-state index contributed by atoms with van der Waals surface area (Å²) in [5, 5.41) is 8.72. The van der Waals surface area contributed by atoms with Crippen LogP contribution in [0.4, 0.5) is 0 Å². The molecule has 1 aliphatic heterocycles. The minimum absolute atomic E-state index is 0.273. The van der Waals surface area contributed by atoms with E-state index in [9.17, 15) is 4.79 Å². The fraction of sp³-hybridized carbons (Fsp3) is 0.300. The first-order valence-corrected chi connectivity index (χ1v) is 4.84. The highest BCUT2D eigenvalue weighted by molar-refractivity contribution is 6.61. The van der Waals surface area contributed by atoms with Gasteiger partial charge in [0.15, 0.2) is 0 Å². The number of benzene rings is 1. The summed E-state index contributed by atoms with van der Waals surface area (Å²) in [4.78, 5) is 10.6. The molecule has 0 aliphatic carbocycles. The minimum Gasteiger partial charge on any atom is -0.478 e. The van der Waals surface area contributed by atoms with E-state index in [1.54, 1.807) is 24.3 Å². The van der Waals surface area contributed by atoms with Gasteiger partial charge in [0, 0.05) is 13.2 Å². The maximum absolute atomic E-state index is 10.6. The van der Waals surface area contributed by atoms with Gasteiger partial charge in [-0.05, 0) is 24.0 Å². The molecule has 78 valence electrons. The van der Waals surface area contributed by atoms with Crippen molar-refractivity contribution in [2.24, 2.45) is 0 Å². The molecule has 1 fully saturated rings. The molecule has 0 saturated carbocycles. The minimum atomic E-state index is -0.924. The van der Waals surface area contributed by atoms with Gasteiger partial charge in [-0.25, -0.2) is 4.79 Å². The fourth-order valence-corrected chi connectivity index (χ4v) is 1.46. The van der Waals surface area contributed by atoms with E-state index >= 15 is 0 Å². The summed E-state index contributed by atoms with van der Waals surface area (Å²) in [6.45, 7) is 1.37. The van der Waals surface area contributed by atoms with Crippen LogP contribution in [-0.4, -0.2) is 31.4 Å². The predicted molar refractivity (Wildman–Crippen MR) is 55.3 cm³/mol. The second-order valence-corrected chi connectivity index (χ2v) is 3.35. The van der Waals surface area contributed by atoms with Gasteiger partial charge in [-0.15, -0.1) is 0 Å². The Hall–Kier alpha value is -1.33. The molecule has 0 bridgehead atoms. The molecule has 1 N–H and O–H groups in total. The Kier molecular flexibility index (Phi) is 3.04. The molecule has 0 unspecified atom stereocenters. The first-order chi connectivity index (χ1) is 7.27. The van der Waals surface area contributed by atoms with Crippen molar-refractivity contribution in [3.05, 3.63) is 29.8 Å². The van der Waals surface area contributed by atoms with Crippen molar-refractivity contribution in [1.82, 2.24) is 0 Å². The monoisotopic (exact) mass is 206 g/mol. The summed E-state index contributed by atoms with van der Waals surface area (Å²) in [5.74, 6) is -0.924. The van der Waals surface area contributed by atoms with Crippen LogP contribution in [0.1, 0.15) is 16.8 Å². The van der Waals surface area contributed by atoms with Crippen LogP contribution in [0.3, 0.4) is 0 Å². The lowest BCUT2D eigenvalue weighted by Gasteiger charge is -2.19. The van der Waals surface area contributed by atoms with Crippen LogP contribution in [0.25, 0.3) is 0 Å². The van der Waals surface area contributed by atoms with Gasteiger partial charge in [-0.2, -0.15) is 0 Å². The quantitative estimate of drug-likeness (QED) is 0.716.